The number of aliphatic hydroxyl groups is 1. The van der Waals surface area contributed by atoms with Gasteiger partial charge in [-0.15, -0.1) is 0 Å². The number of carboxylic acid groups (broad SMARTS) is 1. The second-order valence-electron chi connectivity index (χ2n) is 5.13. The third-order valence-corrected chi connectivity index (χ3v) is 2.20. The first-order valence-electron chi connectivity index (χ1n) is 5.91. The normalized spacial score (nSPS) is 18.1. The Kier molecular flexibility index (Phi) is 10.5. The van der Waals surface area contributed by atoms with Crippen molar-refractivity contribution in [3.05, 3.63) is 0 Å². The fourth-order valence-corrected chi connectivity index (χ4v) is 1.53. The molecule has 1 unspecified atom stereocenters. The predicted octanol–water partition coefficient (Wildman–Crippen LogP) is 0.292. The minimum absolute atomic E-state index is 0.0463. The third-order valence-electron chi connectivity index (χ3n) is 2.20. The molecule has 0 aromatic heterocycles. The van der Waals surface area contributed by atoms with E-state index in [-0.39, 0.29) is 23.9 Å². The van der Waals surface area contributed by atoms with Gasteiger partial charge in [-0.1, -0.05) is 20.8 Å². The van der Waals surface area contributed by atoms with Gasteiger partial charge in [-0.3, -0.25) is 9.59 Å². The lowest BCUT2D eigenvalue weighted by Crippen LogP contribution is -2.32. The molecule has 1 atom stereocenters. The van der Waals surface area contributed by atoms with Crippen molar-refractivity contribution in [2.75, 3.05) is 20.1 Å². The summed E-state index contributed by atoms with van der Waals surface area (Å²) in [5.41, 5.74) is 4.55. The highest BCUT2D eigenvalue weighted by atomic mass is 16.3. The van der Waals surface area contributed by atoms with Crippen molar-refractivity contribution in [2.45, 2.75) is 39.7 Å². The number of likely N-dealkylation sites (tertiary alicyclic amines) is 1. The Hall–Kier alpha value is -1.14. The first-order chi connectivity index (χ1) is 8.30. The number of nitrogens with zero attached hydrogens (tertiary/aromatic N) is 1. The minimum Gasteiger partial charge on any atom is -0.483 e. The summed E-state index contributed by atoms with van der Waals surface area (Å²) in [6, 6.07) is 0. The smallest absolute Gasteiger partial charge is 0.290 e. The SMILES string of the molecule is CC(C)(C)CC(=O)N1CCC(O)C1.CN.O=CO. The zero-order valence-corrected chi connectivity index (χ0v) is 11.7. The molecule has 1 aliphatic heterocycles. The van der Waals surface area contributed by atoms with Gasteiger partial charge in [0.25, 0.3) is 6.47 Å². The maximum atomic E-state index is 11.6. The van der Waals surface area contributed by atoms with E-state index < -0.39 is 0 Å². The van der Waals surface area contributed by atoms with Crippen LogP contribution in [0.15, 0.2) is 0 Å². The first kappa shape index (κ1) is 19.2. The van der Waals surface area contributed by atoms with Crippen molar-refractivity contribution in [2.24, 2.45) is 11.1 Å². The van der Waals surface area contributed by atoms with Crippen LogP contribution in [0.3, 0.4) is 0 Å². The number of hydrogen-bond donors (Lipinski definition) is 3. The molecule has 6 heteroatoms. The Balaban J connectivity index is 0. The van der Waals surface area contributed by atoms with Crippen LogP contribution in [0.2, 0.25) is 0 Å². The Labute approximate surface area is 109 Å². The average molecular weight is 262 g/mol. The van der Waals surface area contributed by atoms with Crippen molar-refractivity contribution in [3.63, 3.8) is 0 Å². The van der Waals surface area contributed by atoms with Gasteiger partial charge >= 0.3 is 0 Å². The molecule has 1 saturated heterocycles. The monoisotopic (exact) mass is 262 g/mol. The van der Waals surface area contributed by atoms with Crippen LogP contribution in [0, 0.1) is 5.41 Å². The molecule has 6 nitrogen and oxygen atoms in total. The molecule has 0 spiro atoms. The van der Waals surface area contributed by atoms with Gasteiger partial charge in [0.15, 0.2) is 0 Å². The summed E-state index contributed by atoms with van der Waals surface area (Å²) in [5.74, 6) is 0.170. The number of aliphatic hydroxyl groups excluding tert-OH is 1. The Morgan fingerprint density at radius 1 is 1.44 bits per heavy atom. The van der Waals surface area contributed by atoms with E-state index in [0.717, 1.165) is 13.0 Å². The van der Waals surface area contributed by atoms with Crippen LogP contribution in [0.5, 0.6) is 0 Å². The van der Waals surface area contributed by atoms with Gasteiger partial charge in [0.05, 0.1) is 6.10 Å². The number of hydrogen-bond acceptors (Lipinski definition) is 4. The third kappa shape index (κ3) is 10.0. The van der Waals surface area contributed by atoms with Gasteiger partial charge < -0.3 is 20.8 Å². The molecule has 0 saturated carbocycles. The van der Waals surface area contributed by atoms with Crippen molar-refractivity contribution < 1.29 is 19.8 Å². The van der Waals surface area contributed by atoms with Crippen molar-refractivity contribution in [3.8, 4) is 0 Å². The maximum absolute atomic E-state index is 11.6. The Bertz CT molecular complexity index is 239. The van der Waals surface area contributed by atoms with E-state index in [0.29, 0.717) is 13.0 Å². The van der Waals surface area contributed by atoms with E-state index in [1.54, 1.807) is 4.90 Å². The molecule has 1 fully saturated rings. The van der Waals surface area contributed by atoms with Gasteiger partial charge in [-0.2, -0.15) is 0 Å². The number of β-amino-alcohol motifs (C(OH)–C–C–N with tert-alkyl or cyclic N) is 1. The number of carbonyl (C=O) groups is 2. The molecule has 1 rings (SSSR count). The summed E-state index contributed by atoms with van der Waals surface area (Å²) in [7, 11) is 1.50. The molecular formula is C12H26N2O4. The summed E-state index contributed by atoms with van der Waals surface area (Å²) in [4.78, 5) is 21.7. The molecule has 0 aromatic rings. The molecule has 18 heavy (non-hydrogen) atoms. The highest BCUT2D eigenvalue weighted by Gasteiger charge is 2.27. The van der Waals surface area contributed by atoms with Crippen LogP contribution >= 0.6 is 0 Å². The van der Waals surface area contributed by atoms with E-state index >= 15 is 0 Å². The summed E-state index contributed by atoms with van der Waals surface area (Å²) in [6.45, 7) is 7.15. The molecule has 4 N–H and O–H groups in total. The van der Waals surface area contributed by atoms with Crippen LogP contribution in [0.1, 0.15) is 33.6 Å². The van der Waals surface area contributed by atoms with Crippen LogP contribution in [-0.4, -0.2) is 53.7 Å². The van der Waals surface area contributed by atoms with Gasteiger partial charge in [-0.25, -0.2) is 0 Å². The molecule has 1 amide bonds. The molecule has 0 radical (unpaired) electrons. The van der Waals surface area contributed by atoms with Crippen molar-refractivity contribution in [1.82, 2.24) is 4.90 Å². The maximum Gasteiger partial charge on any atom is 0.290 e. The van der Waals surface area contributed by atoms with E-state index in [1.807, 2.05) is 0 Å². The number of nitrogens with two attached hydrogens (primary N) is 1. The minimum atomic E-state index is -0.302. The summed E-state index contributed by atoms with van der Waals surface area (Å²) >= 11 is 0. The van der Waals surface area contributed by atoms with Gasteiger partial charge in [0.2, 0.25) is 5.91 Å². The van der Waals surface area contributed by atoms with E-state index in [4.69, 9.17) is 9.90 Å². The van der Waals surface area contributed by atoms with E-state index in [1.165, 1.54) is 7.05 Å². The fraction of sp³-hybridized carbons (Fsp3) is 0.833. The van der Waals surface area contributed by atoms with Crippen LogP contribution < -0.4 is 5.73 Å². The fourth-order valence-electron chi connectivity index (χ4n) is 1.53. The molecule has 108 valence electrons. The quantitative estimate of drug-likeness (QED) is 0.589. The van der Waals surface area contributed by atoms with E-state index in [9.17, 15) is 9.90 Å². The summed E-state index contributed by atoms with van der Waals surface area (Å²) in [5, 5.41) is 16.1. The van der Waals surface area contributed by atoms with Crippen molar-refractivity contribution >= 4 is 12.4 Å². The molecule has 1 aliphatic rings. The van der Waals surface area contributed by atoms with Gasteiger partial charge in [0.1, 0.15) is 0 Å². The zero-order valence-electron chi connectivity index (χ0n) is 11.7. The molecular weight excluding hydrogens is 236 g/mol. The average Bonchev–Trinajstić information content (AvgIpc) is 2.67. The summed E-state index contributed by atoms with van der Waals surface area (Å²) in [6.07, 6.45) is 0.999. The molecule has 0 bridgehead atoms. The number of carbonyl (C=O) groups excluding carboxylic acids is 1. The van der Waals surface area contributed by atoms with Crippen LogP contribution in [0.25, 0.3) is 0 Å². The second kappa shape index (κ2) is 9.85. The molecule has 1 heterocycles. The highest BCUT2D eigenvalue weighted by Crippen LogP contribution is 2.21. The highest BCUT2D eigenvalue weighted by molar-refractivity contribution is 5.77. The lowest BCUT2D eigenvalue weighted by Gasteiger charge is -2.22. The molecule has 0 aromatic carbocycles. The predicted molar refractivity (Wildman–Crippen MR) is 70.1 cm³/mol. The van der Waals surface area contributed by atoms with E-state index in [2.05, 4.69) is 26.5 Å². The summed E-state index contributed by atoms with van der Waals surface area (Å²) < 4.78 is 0. The van der Waals surface area contributed by atoms with Gasteiger partial charge in [0, 0.05) is 19.5 Å². The van der Waals surface area contributed by atoms with Crippen LogP contribution in [-0.2, 0) is 9.59 Å². The topological polar surface area (TPSA) is 104 Å². The van der Waals surface area contributed by atoms with Gasteiger partial charge in [-0.05, 0) is 18.9 Å². The van der Waals surface area contributed by atoms with Crippen molar-refractivity contribution in [1.29, 1.82) is 0 Å². The second-order valence-corrected chi connectivity index (χ2v) is 5.13. The number of rotatable bonds is 1. The number of amides is 1. The standard InChI is InChI=1S/C10H19NO2.CH5N.CH2O2/c1-10(2,3)6-9(13)11-5-4-8(12)7-11;1-2;2-1-3/h8,12H,4-7H2,1-3H3;2H2,1H3;1H,(H,2,3). The largest absolute Gasteiger partial charge is 0.483 e. The molecule has 0 aliphatic carbocycles. The Morgan fingerprint density at radius 3 is 2.17 bits per heavy atom. The lowest BCUT2D eigenvalue weighted by atomic mass is 9.92. The van der Waals surface area contributed by atoms with Crippen LogP contribution in [0.4, 0.5) is 0 Å². The zero-order chi connectivity index (χ0) is 14.8. The first-order valence-corrected chi connectivity index (χ1v) is 5.91. The lowest BCUT2D eigenvalue weighted by molar-refractivity contribution is -0.132. The Morgan fingerprint density at radius 2 is 1.89 bits per heavy atom.